The molecule has 25 heavy (non-hydrogen) atoms. The summed E-state index contributed by atoms with van der Waals surface area (Å²) in [6, 6.07) is 12.8. The van der Waals surface area contributed by atoms with Gasteiger partial charge in [-0.3, -0.25) is 9.59 Å². The van der Waals surface area contributed by atoms with Crippen LogP contribution < -0.4 is 5.32 Å². The molecule has 2 aromatic rings. The Kier molecular flexibility index (Phi) is 5.86. The summed E-state index contributed by atoms with van der Waals surface area (Å²) in [6.07, 6.45) is 0.743. The standard InChI is InChI=1S/C19H20N2O3S/c1-14-6-7-16(25-21-8-10-24-11-9-21)12-17(14)19(23)20-18-5-3-2-4-15(18)13-22/h2-7,12-13H,8-11H2,1H3,(H,20,23). The minimum Gasteiger partial charge on any atom is -0.379 e. The van der Waals surface area contributed by atoms with Crippen LogP contribution in [0.2, 0.25) is 0 Å². The summed E-state index contributed by atoms with van der Waals surface area (Å²) in [5.74, 6) is -0.212. The fourth-order valence-electron chi connectivity index (χ4n) is 2.59. The number of amides is 1. The summed E-state index contributed by atoms with van der Waals surface area (Å²) in [5.41, 5.74) is 2.49. The van der Waals surface area contributed by atoms with Crippen molar-refractivity contribution in [3.05, 3.63) is 59.2 Å². The first-order valence-corrected chi connectivity index (χ1v) is 8.91. The van der Waals surface area contributed by atoms with Crippen LogP contribution in [0.5, 0.6) is 0 Å². The average molecular weight is 356 g/mol. The largest absolute Gasteiger partial charge is 0.379 e. The number of para-hydroxylation sites is 1. The highest BCUT2D eigenvalue weighted by molar-refractivity contribution is 7.97. The quantitative estimate of drug-likeness (QED) is 0.657. The molecule has 1 heterocycles. The maximum Gasteiger partial charge on any atom is 0.255 e. The Labute approximate surface area is 151 Å². The molecule has 2 aromatic carbocycles. The number of rotatable bonds is 5. The number of hydrogen-bond donors (Lipinski definition) is 1. The van der Waals surface area contributed by atoms with Gasteiger partial charge in [0.1, 0.15) is 0 Å². The lowest BCUT2D eigenvalue weighted by atomic mass is 10.1. The molecule has 0 aliphatic carbocycles. The topological polar surface area (TPSA) is 58.6 Å². The van der Waals surface area contributed by atoms with Crippen molar-refractivity contribution >= 4 is 29.8 Å². The van der Waals surface area contributed by atoms with Crippen LogP contribution >= 0.6 is 11.9 Å². The van der Waals surface area contributed by atoms with Crippen LogP contribution in [0.1, 0.15) is 26.3 Å². The zero-order valence-electron chi connectivity index (χ0n) is 14.0. The lowest BCUT2D eigenvalue weighted by Gasteiger charge is -2.25. The van der Waals surface area contributed by atoms with Gasteiger partial charge in [0.05, 0.1) is 18.9 Å². The fourth-order valence-corrected chi connectivity index (χ4v) is 3.52. The van der Waals surface area contributed by atoms with Gasteiger partial charge in [0.25, 0.3) is 5.91 Å². The van der Waals surface area contributed by atoms with E-state index >= 15 is 0 Å². The molecule has 3 rings (SSSR count). The predicted octanol–water partition coefficient (Wildman–Crippen LogP) is 3.40. The minimum absolute atomic E-state index is 0.212. The summed E-state index contributed by atoms with van der Waals surface area (Å²) in [4.78, 5) is 24.8. The van der Waals surface area contributed by atoms with E-state index in [1.807, 2.05) is 25.1 Å². The monoisotopic (exact) mass is 356 g/mol. The molecule has 0 bridgehead atoms. The number of hydrogen-bond acceptors (Lipinski definition) is 5. The number of ether oxygens (including phenoxy) is 1. The third-order valence-corrected chi connectivity index (χ3v) is 5.08. The smallest absolute Gasteiger partial charge is 0.255 e. The van der Waals surface area contributed by atoms with Gasteiger partial charge in [-0.25, -0.2) is 4.31 Å². The minimum atomic E-state index is -0.212. The van der Waals surface area contributed by atoms with Crippen molar-refractivity contribution in [2.24, 2.45) is 0 Å². The number of aldehydes is 1. The number of nitrogens with zero attached hydrogens (tertiary/aromatic N) is 1. The molecule has 0 radical (unpaired) electrons. The normalized spacial score (nSPS) is 14.9. The van der Waals surface area contributed by atoms with Crippen molar-refractivity contribution in [1.29, 1.82) is 0 Å². The Balaban J connectivity index is 1.77. The summed E-state index contributed by atoms with van der Waals surface area (Å²) in [7, 11) is 0. The van der Waals surface area contributed by atoms with Gasteiger partial charge in [0.2, 0.25) is 0 Å². The molecule has 0 aromatic heterocycles. The second-order valence-corrected chi connectivity index (χ2v) is 6.94. The lowest BCUT2D eigenvalue weighted by molar-refractivity contribution is 0.0773. The van der Waals surface area contributed by atoms with Crippen LogP contribution in [-0.2, 0) is 4.74 Å². The molecule has 1 aliphatic heterocycles. The van der Waals surface area contributed by atoms with Gasteiger partial charge in [-0.05, 0) is 48.7 Å². The van der Waals surface area contributed by atoms with Crippen molar-refractivity contribution in [3.63, 3.8) is 0 Å². The van der Waals surface area contributed by atoms with E-state index in [0.29, 0.717) is 16.8 Å². The van der Waals surface area contributed by atoms with E-state index in [-0.39, 0.29) is 5.91 Å². The van der Waals surface area contributed by atoms with Gasteiger partial charge in [-0.2, -0.15) is 0 Å². The van der Waals surface area contributed by atoms with E-state index in [0.717, 1.165) is 43.0 Å². The molecule has 5 nitrogen and oxygen atoms in total. The summed E-state index contributed by atoms with van der Waals surface area (Å²) in [5, 5.41) is 2.84. The summed E-state index contributed by atoms with van der Waals surface area (Å²) < 4.78 is 7.59. The maximum atomic E-state index is 12.7. The third kappa shape index (κ3) is 4.48. The van der Waals surface area contributed by atoms with Gasteiger partial charge in [-0.15, -0.1) is 0 Å². The molecular weight excluding hydrogens is 336 g/mol. The Morgan fingerprint density at radius 2 is 1.96 bits per heavy atom. The Hall–Kier alpha value is -2.15. The highest BCUT2D eigenvalue weighted by atomic mass is 32.2. The van der Waals surface area contributed by atoms with Gasteiger partial charge in [0.15, 0.2) is 6.29 Å². The van der Waals surface area contributed by atoms with Crippen LogP contribution in [0, 0.1) is 6.92 Å². The second-order valence-electron chi connectivity index (χ2n) is 5.77. The molecule has 6 heteroatoms. The van der Waals surface area contributed by atoms with E-state index in [4.69, 9.17) is 4.74 Å². The van der Waals surface area contributed by atoms with Gasteiger partial charge >= 0.3 is 0 Å². The first-order chi connectivity index (χ1) is 12.2. The highest BCUT2D eigenvalue weighted by Crippen LogP contribution is 2.26. The van der Waals surface area contributed by atoms with Crippen LogP contribution in [0.15, 0.2) is 47.4 Å². The zero-order chi connectivity index (χ0) is 17.6. The van der Waals surface area contributed by atoms with Crippen molar-refractivity contribution in [3.8, 4) is 0 Å². The molecular formula is C19H20N2O3S. The number of morpholine rings is 1. The van der Waals surface area contributed by atoms with E-state index in [1.165, 1.54) is 0 Å². The van der Waals surface area contributed by atoms with Crippen molar-refractivity contribution in [2.75, 3.05) is 31.6 Å². The molecule has 130 valence electrons. The van der Waals surface area contributed by atoms with Gasteiger partial charge < -0.3 is 10.1 Å². The molecule has 0 unspecified atom stereocenters. The van der Waals surface area contributed by atoms with Crippen LogP contribution in [-0.4, -0.2) is 42.8 Å². The Morgan fingerprint density at radius 1 is 1.20 bits per heavy atom. The molecule has 1 aliphatic rings. The zero-order valence-corrected chi connectivity index (χ0v) is 14.8. The first kappa shape index (κ1) is 17.7. The predicted molar refractivity (Wildman–Crippen MR) is 99.2 cm³/mol. The first-order valence-electron chi connectivity index (χ1n) is 8.14. The molecule has 1 amide bonds. The number of nitrogens with one attached hydrogen (secondary N) is 1. The SMILES string of the molecule is Cc1ccc(SN2CCOCC2)cc1C(=O)Nc1ccccc1C=O. The maximum absolute atomic E-state index is 12.7. The van der Waals surface area contributed by atoms with Crippen LogP contribution in [0.4, 0.5) is 5.69 Å². The van der Waals surface area contributed by atoms with Gasteiger partial charge in [-0.1, -0.05) is 18.2 Å². The Bertz CT molecular complexity index is 773. The molecule has 0 saturated carbocycles. The number of benzene rings is 2. The molecule has 1 N–H and O–H groups in total. The lowest BCUT2D eigenvalue weighted by Crippen LogP contribution is -2.30. The molecule has 0 spiro atoms. The third-order valence-electron chi connectivity index (χ3n) is 3.99. The molecule has 0 atom stereocenters. The number of carbonyl (C=O) groups excluding carboxylic acids is 2. The van der Waals surface area contributed by atoms with E-state index in [2.05, 4.69) is 9.62 Å². The second kappa shape index (κ2) is 8.29. The molecule has 1 fully saturated rings. The van der Waals surface area contributed by atoms with E-state index in [1.54, 1.807) is 36.2 Å². The number of anilines is 1. The van der Waals surface area contributed by atoms with Crippen molar-refractivity contribution in [2.45, 2.75) is 11.8 Å². The number of carbonyl (C=O) groups is 2. The van der Waals surface area contributed by atoms with E-state index < -0.39 is 0 Å². The summed E-state index contributed by atoms with van der Waals surface area (Å²) >= 11 is 1.64. The van der Waals surface area contributed by atoms with Crippen LogP contribution in [0.3, 0.4) is 0 Å². The molecule has 1 saturated heterocycles. The summed E-state index contributed by atoms with van der Waals surface area (Å²) in [6.45, 7) is 5.10. The van der Waals surface area contributed by atoms with Gasteiger partial charge in [0, 0.05) is 29.1 Å². The average Bonchev–Trinajstić information content (AvgIpc) is 2.64. The van der Waals surface area contributed by atoms with Crippen molar-refractivity contribution < 1.29 is 14.3 Å². The van der Waals surface area contributed by atoms with Crippen LogP contribution in [0.25, 0.3) is 0 Å². The van der Waals surface area contributed by atoms with E-state index in [9.17, 15) is 9.59 Å². The fraction of sp³-hybridized carbons (Fsp3) is 0.263. The highest BCUT2D eigenvalue weighted by Gasteiger charge is 2.15. The Morgan fingerprint density at radius 3 is 2.72 bits per heavy atom. The van der Waals surface area contributed by atoms with Crippen molar-refractivity contribution in [1.82, 2.24) is 4.31 Å². The number of aryl methyl sites for hydroxylation is 1.